The second kappa shape index (κ2) is 12.4. The van der Waals surface area contributed by atoms with Gasteiger partial charge in [0.1, 0.15) is 0 Å². The third kappa shape index (κ3) is 7.04. The van der Waals surface area contributed by atoms with Crippen LogP contribution >= 0.6 is 0 Å². The van der Waals surface area contributed by atoms with Crippen molar-refractivity contribution in [3.8, 4) is 11.4 Å². The Labute approximate surface area is 190 Å². The van der Waals surface area contributed by atoms with Crippen LogP contribution in [0.15, 0.2) is 89.3 Å². The summed E-state index contributed by atoms with van der Waals surface area (Å²) in [6.07, 6.45) is 7.11. The molecule has 0 aliphatic heterocycles. The largest absolute Gasteiger partial charge is 0.311 e. The molecule has 1 atom stereocenters. The monoisotopic (exact) mass is 426 g/mol. The van der Waals surface area contributed by atoms with E-state index in [0.717, 1.165) is 36.6 Å². The van der Waals surface area contributed by atoms with Gasteiger partial charge in [0.15, 0.2) is 11.7 Å². The van der Waals surface area contributed by atoms with Gasteiger partial charge in [0, 0.05) is 55.4 Å². The van der Waals surface area contributed by atoms with E-state index in [1.54, 1.807) is 18.6 Å². The molecule has 0 bridgehead atoms. The molecule has 1 aromatic heterocycles. The van der Waals surface area contributed by atoms with Crippen LogP contribution in [0.4, 0.5) is 0 Å². The first-order valence-corrected chi connectivity index (χ1v) is 10.7. The lowest BCUT2D eigenvalue weighted by Gasteiger charge is -2.15. The molecule has 0 amide bonds. The van der Waals surface area contributed by atoms with Crippen molar-refractivity contribution >= 4 is 12.6 Å². The van der Waals surface area contributed by atoms with E-state index in [1.165, 1.54) is 11.1 Å². The van der Waals surface area contributed by atoms with Gasteiger partial charge in [0.05, 0.1) is 0 Å². The molecule has 2 N–H and O–H groups in total. The van der Waals surface area contributed by atoms with Crippen molar-refractivity contribution in [3.63, 3.8) is 0 Å². The van der Waals surface area contributed by atoms with Gasteiger partial charge in [-0.3, -0.25) is 0 Å². The fourth-order valence-corrected chi connectivity index (χ4v) is 3.14. The Balaban J connectivity index is 1.41. The number of rotatable bonds is 10. The van der Waals surface area contributed by atoms with Crippen LogP contribution in [-0.2, 0) is 13.1 Å². The van der Waals surface area contributed by atoms with E-state index in [1.807, 2.05) is 31.2 Å². The van der Waals surface area contributed by atoms with Crippen molar-refractivity contribution < 1.29 is 0 Å². The highest BCUT2D eigenvalue weighted by molar-refractivity contribution is 6.01. The van der Waals surface area contributed by atoms with Crippen LogP contribution < -0.4 is 10.6 Å². The fourth-order valence-electron chi connectivity index (χ4n) is 3.14. The minimum absolute atomic E-state index is 0.341. The molecule has 0 saturated heterocycles. The Bertz CT molecular complexity index is 1020. The van der Waals surface area contributed by atoms with Crippen molar-refractivity contribution in [1.29, 1.82) is 0 Å². The van der Waals surface area contributed by atoms with Crippen LogP contribution in [0.3, 0.4) is 0 Å². The molecule has 32 heavy (non-hydrogen) atoms. The van der Waals surface area contributed by atoms with E-state index in [0.29, 0.717) is 11.9 Å². The van der Waals surface area contributed by atoms with Crippen LogP contribution in [0.1, 0.15) is 30.5 Å². The molecule has 3 aromatic rings. The summed E-state index contributed by atoms with van der Waals surface area (Å²) in [7, 11) is 0. The lowest BCUT2D eigenvalue weighted by molar-refractivity contribution is 0.501. The summed E-state index contributed by atoms with van der Waals surface area (Å²) in [5.74, 6) is 1.38. The van der Waals surface area contributed by atoms with E-state index in [-0.39, 0.29) is 0 Å². The van der Waals surface area contributed by atoms with Gasteiger partial charge in [0.2, 0.25) is 0 Å². The minimum Gasteiger partial charge on any atom is -0.311 e. The van der Waals surface area contributed by atoms with E-state index < -0.39 is 0 Å². The first-order valence-electron chi connectivity index (χ1n) is 10.7. The van der Waals surface area contributed by atoms with Gasteiger partial charge in [-0.15, -0.1) is 0 Å². The van der Waals surface area contributed by atoms with Crippen molar-refractivity contribution in [1.82, 2.24) is 20.6 Å². The maximum atomic E-state index is 4.29. The molecule has 0 fully saturated rings. The Morgan fingerprint density at radius 1 is 1.00 bits per heavy atom. The van der Waals surface area contributed by atoms with Gasteiger partial charge in [0.25, 0.3) is 0 Å². The molecule has 6 heteroatoms. The molecule has 0 aliphatic rings. The lowest BCUT2D eigenvalue weighted by atomic mass is 10.1. The minimum atomic E-state index is 0.341. The van der Waals surface area contributed by atoms with Gasteiger partial charge >= 0.3 is 0 Å². The number of aromatic nitrogens is 2. The molecule has 0 saturated carbocycles. The summed E-state index contributed by atoms with van der Waals surface area (Å²) >= 11 is 0. The van der Waals surface area contributed by atoms with Crippen molar-refractivity contribution in [3.05, 3.63) is 96.0 Å². The third-order valence-electron chi connectivity index (χ3n) is 4.92. The highest BCUT2D eigenvalue weighted by Crippen LogP contribution is 2.14. The maximum absolute atomic E-state index is 4.29. The summed E-state index contributed by atoms with van der Waals surface area (Å²) in [6, 6.07) is 18.8. The number of nitrogens with one attached hydrogen (secondary N) is 2. The average molecular weight is 427 g/mol. The van der Waals surface area contributed by atoms with Gasteiger partial charge in [-0.25, -0.2) is 20.0 Å². The predicted octanol–water partition coefficient (Wildman–Crippen LogP) is 4.39. The Kier molecular flexibility index (Phi) is 8.98. The van der Waals surface area contributed by atoms with E-state index >= 15 is 0 Å². The van der Waals surface area contributed by atoms with Crippen LogP contribution in [-0.4, -0.2) is 35.1 Å². The standard InChI is InChI=1S/C26H30N6/c1-4-14-29-25(27-3)23-10-8-22(9-11-23)19-32-20(2)17-28-18-21-6-12-24(13-7-21)26-30-15-5-16-31-26/h4-16,20,28,32H,3,17-19H2,1-2H3/b14-4-,29-25?/t20-/m1/s1. The summed E-state index contributed by atoms with van der Waals surface area (Å²) in [4.78, 5) is 16.9. The second-order valence-corrected chi connectivity index (χ2v) is 7.47. The van der Waals surface area contributed by atoms with Crippen LogP contribution in [0, 0.1) is 0 Å². The Hall–Kier alpha value is -3.48. The van der Waals surface area contributed by atoms with E-state index in [4.69, 9.17) is 0 Å². The van der Waals surface area contributed by atoms with Gasteiger partial charge in [-0.1, -0.05) is 54.6 Å². The van der Waals surface area contributed by atoms with Crippen molar-refractivity contribution in [2.45, 2.75) is 33.0 Å². The highest BCUT2D eigenvalue weighted by atomic mass is 15.0. The van der Waals surface area contributed by atoms with Crippen LogP contribution in [0.5, 0.6) is 0 Å². The van der Waals surface area contributed by atoms with Gasteiger partial charge in [-0.05, 0) is 37.8 Å². The van der Waals surface area contributed by atoms with Crippen LogP contribution in [0.2, 0.25) is 0 Å². The first kappa shape index (κ1) is 23.2. The van der Waals surface area contributed by atoms with Gasteiger partial charge < -0.3 is 10.6 Å². The SMILES string of the molecule is C=NC(=N/C=C\C)c1ccc(CN[C@H](C)CNCc2ccc(-c3ncccn3)cc2)cc1. The van der Waals surface area contributed by atoms with Gasteiger partial charge in [-0.2, -0.15) is 0 Å². The summed E-state index contributed by atoms with van der Waals surface area (Å²) in [5, 5.41) is 7.07. The zero-order chi connectivity index (χ0) is 22.6. The number of amidine groups is 1. The van der Waals surface area contributed by atoms with Crippen LogP contribution in [0.25, 0.3) is 11.4 Å². The average Bonchev–Trinajstić information content (AvgIpc) is 2.85. The smallest absolute Gasteiger partial charge is 0.159 e. The molecular formula is C26H30N6. The molecular weight excluding hydrogens is 396 g/mol. The Morgan fingerprint density at radius 3 is 2.31 bits per heavy atom. The summed E-state index contributed by atoms with van der Waals surface area (Å²) in [5.41, 5.74) is 4.44. The lowest BCUT2D eigenvalue weighted by Crippen LogP contribution is -2.35. The highest BCUT2D eigenvalue weighted by Gasteiger charge is 2.04. The number of aliphatic imine (C=N–C) groups is 2. The molecule has 6 nitrogen and oxygen atoms in total. The quantitative estimate of drug-likeness (QED) is 0.372. The molecule has 2 aromatic carbocycles. The molecule has 3 rings (SSSR count). The normalized spacial score (nSPS) is 12.8. The predicted molar refractivity (Wildman–Crippen MR) is 133 cm³/mol. The zero-order valence-electron chi connectivity index (χ0n) is 18.7. The summed E-state index contributed by atoms with van der Waals surface area (Å²) < 4.78 is 0. The number of hydrogen-bond acceptors (Lipinski definition) is 5. The topological polar surface area (TPSA) is 74.6 Å². The number of allylic oxidation sites excluding steroid dienone is 1. The number of nitrogens with zero attached hydrogens (tertiary/aromatic N) is 4. The van der Waals surface area contributed by atoms with E-state index in [2.05, 4.69) is 80.6 Å². The molecule has 0 radical (unpaired) electrons. The fraction of sp³-hybridized carbons (Fsp3) is 0.231. The van der Waals surface area contributed by atoms with Crippen molar-refractivity contribution in [2.24, 2.45) is 9.98 Å². The van der Waals surface area contributed by atoms with E-state index in [9.17, 15) is 0 Å². The number of benzene rings is 2. The summed E-state index contributed by atoms with van der Waals surface area (Å²) in [6.45, 7) is 10.2. The maximum Gasteiger partial charge on any atom is 0.159 e. The molecule has 0 aliphatic carbocycles. The molecule has 1 heterocycles. The second-order valence-electron chi connectivity index (χ2n) is 7.47. The third-order valence-corrected chi connectivity index (χ3v) is 4.92. The molecule has 0 spiro atoms. The zero-order valence-corrected chi connectivity index (χ0v) is 18.7. The first-order chi connectivity index (χ1) is 15.7. The molecule has 0 unspecified atom stereocenters. The Morgan fingerprint density at radius 2 is 1.66 bits per heavy atom. The van der Waals surface area contributed by atoms with Crippen molar-refractivity contribution in [2.75, 3.05) is 6.54 Å². The number of hydrogen-bond donors (Lipinski definition) is 2. The molecule has 164 valence electrons.